The molecule has 1 rings (SSSR count). The van der Waals surface area contributed by atoms with Crippen molar-refractivity contribution in [1.82, 2.24) is 10.6 Å². The maximum Gasteiger partial charge on any atom is 0.407 e. The smallest absolute Gasteiger partial charge is 0.407 e. The Hall–Kier alpha value is -2.31. The molecule has 1 aromatic carbocycles. The summed E-state index contributed by atoms with van der Waals surface area (Å²) in [6.45, 7) is 1.81. The minimum absolute atomic E-state index is 0.173. The highest BCUT2D eigenvalue weighted by atomic mass is 19.1. The molecule has 20 heavy (non-hydrogen) atoms. The number of ether oxygens (including phenoxy) is 2. The highest BCUT2D eigenvalue weighted by Crippen LogP contribution is 2.11. The zero-order valence-electron chi connectivity index (χ0n) is 11.3. The van der Waals surface area contributed by atoms with E-state index in [9.17, 15) is 14.0 Å². The molecule has 0 heterocycles. The zero-order valence-corrected chi connectivity index (χ0v) is 11.3. The molecular weight excluding hydrogens is 267 g/mol. The summed E-state index contributed by atoms with van der Waals surface area (Å²) in [6.07, 6.45) is -0.671. The van der Waals surface area contributed by atoms with Gasteiger partial charge in [0.05, 0.1) is 13.2 Å². The standard InChI is InChI=1S/C13H17FN2O4/c1-9(16-12(17)7-15-13(18)19-2)8-20-11-5-3-10(14)4-6-11/h3-6,9H,7-8H2,1-2H3,(H,15,18)(H,16,17). The Morgan fingerprint density at radius 1 is 1.30 bits per heavy atom. The van der Waals surface area contributed by atoms with Crippen molar-refractivity contribution < 1.29 is 23.5 Å². The van der Waals surface area contributed by atoms with Crippen molar-refractivity contribution in [1.29, 1.82) is 0 Å². The Labute approximate surface area is 116 Å². The van der Waals surface area contributed by atoms with Gasteiger partial charge in [-0.25, -0.2) is 9.18 Å². The van der Waals surface area contributed by atoms with Crippen LogP contribution in [-0.2, 0) is 9.53 Å². The highest BCUT2D eigenvalue weighted by Gasteiger charge is 2.09. The van der Waals surface area contributed by atoms with E-state index in [-0.39, 0.29) is 30.9 Å². The lowest BCUT2D eigenvalue weighted by Crippen LogP contribution is -2.43. The first-order chi connectivity index (χ1) is 9.51. The van der Waals surface area contributed by atoms with Crippen LogP contribution in [0.15, 0.2) is 24.3 Å². The van der Waals surface area contributed by atoms with E-state index in [1.807, 2.05) is 0 Å². The van der Waals surface area contributed by atoms with E-state index in [0.717, 1.165) is 0 Å². The molecule has 0 radical (unpaired) electrons. The molecule has 2 N–H and O–H groups in total. The largest absolute Gasteiger partial charge is 0.491 e. The van der Waals surface area contributed by atoms with E-state index < -0.39 is 6.09 Å². The molecule has 0 aliphatic carbocycles. The van der Waals surface area contributed by atoms with Gasteiger partial charge >= 0.3 is 6.09 Å². The van der Waals surface area contributed by atoms with Crippen LogP contribution in [0.1, 0.15) is 6.92 Å². The molecule has 7 heteroatoms. The predicted octanol–water partition coefficient (Wildman–Crippen LogP) is 1.07. The monoisotopic (exact) mass is 284 g/mol. The van der Waals surface area contributed by atoms with Gasteiger partial charge in [-0.3, -0.25) is 4.79 Å². The lowest BCUT2D eigenvalue weighted by molar-refractivity contribution is -0.120. The van der Waals surface area contributed by atoms with Crippen molar-refractivity contribution in [3.05, 3.63) is 30.1 Å². The second-order valence-corrected chi connectivity index (χ2v) is 4.08. The fourth-order valence-corrected chi connectivity index (χ4v) is 1.34. The van der Waals surface area contributed by atoms with Gasteiger partial charge in [-0.1, -0.05) is 0 Å². The number of carbonyl (C=O) groups excluding carboxylic acids is 2. The predicted molar refractivity (Wildman–Crippen MR) is 69.9 cm³/mol. The topological polar surface area (TPSA) is 76.7 Å². The summed E-state index contributed by atoms with van der Waals surface area (Å²) >= 11 is 0. The number of hydrogen-bond acceptors (Lipinski definition) is 4. The first-order valence-corrected chi connectivity index (χ1v) is 6.01. The van der Waals surface area contributed by atoms with Gasteiger partial charge in [0.2, 0.25) is 5.91 Å². The Balaban J connectivity index is 2.25. The van der Waals surface area contributed by atoms with Crippen LogP contribution in [0.3, 0.4) is 0 Å². The molecule has 2 amide bonds. The number of hydrogen-bond donors (Lipinski definition) is 2. The van der Waals surface area contributed by atoms with Gasteiger partial charge in [-0.15, -0.1) is 0 Å². The molecule has 0 aliphatic heterocycles. The second-order valence-electron chi connectivity index (χ2n) is 4.08. The van der Waals surface area contributed by atoms with Gasteiger partial charge < -0.3 is 20.1 Å². The van der Waals surface area contributed by atoms with E-state index in [0.29, 0.717) is 5.75 Å². The van der Waals surface area contributed by atoms with Crippen LogP contribution in [0, 0.1) is 5.82 Å². The van der Waals surface area contributed by atoms with Crippen LogP contribution in [0.5, 0.6) is 5.75 Å². The van der Waals surface area contributed by atoms with Gasteiger partial charge in [-0.05, 0) is 31.2 Å². The third-order valence-corrected chi connectivity index (χ3v) is 2.30. The first kappa shape index (κ1) is 15.7. The Bertz CT molecular complexity index is 450. The van der Waals surface area contributed by atoms with Crippen molar-refractivity contribution in [2.45, 2.75) is 13.0 Å². The SMILES string of the molecule is COC(=O)NCC(=O)NC(C)COc1ccc(F)cc1. The van der Waals surface area contributed by atoms with Crippen molar-refractivity contribution in [3.8, 4) is 5.75 Å². The number of methoxy groups -OCH3 is 1. The summed E-state index contributed by atoms with van der Waals surface area (Å²) < 4.78 is 22.4. The highest BCUT2D eigenvalue weighted by molar-refractivity contribution is 5.82. The van der Waals surface area contributed by atoms with Crippen LogP contribution in [-0.4, -0.2) is 38.3 Å². The summed E-state index contributed by atoms with van der Waals surface area (Å²) in [4.78, 5) is 22.2. The number of rotatable bonds is 6. The molecule has 0 aliphatic rings. The molecular formula is C13H17FN2O4. The fourth-order valence-electron chi connectivity index (χ4n) is 1.34. The number of carbonyl (C=O) groups is 2. The van der Waals surface area contributed by atoms with Crippen molar-refractivity contribution in [2.75, 3.05) is 20.3 Å². The molecule has 1 unspecified atom stereocenters. The molecule has 1 atom stereocenters. The van der Waals surface area contributed by atoms with E-state index in [1.165, 1.54) is 31.4 Å². The van der Waals surface area contributed by atoms with E-state index in [4.69, 9.17) is 4.74 Å². The summed E-state index contributed by atoms with van der Waals surface area (Å²) in [5.74, 6) is -0.182. The number of alkyl carbamates (subject to hydrolysis) is 1. The molecule has 0 aromatic heterocycles. The zero-order chi connectivity index (χ0) is 15.0. The van der Waals surface area contributed by atoms with Gasteiger partial charge in [0.1, 0.15) is 24.7 Å². The summed E-state index contributed by atoms with van der Waals surface area (Å²) in [5.41, 5.74) is 0. The lowest BCUT2D eigenvalue weighted by Gasteiger charge is -2.15. The first-order valence-electron chi connectivity index (χ1n) is 6.01. The van der Waals surface area contributed by atoms with Crippen LogP contribution < -0.4 is 15.4 Å². The molecule has 6 nitrogen and oxygen atoms in total. The number of halogens is 1. The van der Waals surface area contributed by atoms with Crippen molar-refractivity contribution >= 4 is 12.0 Å². The average Bonchev–Trinajstić information content (AvgIpc) is 2.44. The Kier molecular flexibility index (Phi) is 6.28. The molecule has 0 saturated heterocycles. The van der Waals surface area contributed by atoms with Gasteiger partial charge in [0.25, 0.3) is 0 Å². The molecule has 0 bridgehead atoms. The fraction of sp³-hybridized carbons (Fsp3) is 0.385. The average molecular weight is 284 g/mol. The lowest BCUT2D eigenvalue weighted by atomic mass is 10.3. The molecule has 110 valence electrons. The summed E-state index contributed by atoms with van der Waals surface area (Å²) in [5, 5.41) is 4.89. The van der Waals surface area contributed by atoms with E-state index >= 15 is 0 Å². The molecule has 0 saturated carbocycles. The summed E-state index contributed by atoms with van der Waals surface area (Å²) in [6, 6.07) is 5.33. The maximum absolute atomic E-state index is 12.7. The van der Waals surface area contributed by atoms with Crippen molar-refractivity contribution in [2.24, 2.45) is 0 Å². The molecule has 0 spiro atoms. The third-order valence-electron chi connectivity index (χ3n) is 2.30. The van der Waals surface area contributed by atoms with Gasteiger partial charge in [0.15, 0.2) is 0 Å². The Morgan fingerprint density at radius 3 is 2.55 bits per heavy atom. The number of amides is 2. The van der Waals surface area contributed by atoms with E-state index in [2.05, 4.69) is 15.4 Å². The van der Waals surface area contributed by atoms with Crippen molar-refractivity contribution in [3.63, 3.8) is 0 Å². The van der Waals surface area contributed by atoms with Gasteiger partial charge in [0, 0.05) is 0 Å². The molecule has 1 aromatic rings. The third kappa shape index (κ3) is 6.03. The minimum atomic E-state index is -0.671. The van der Waals surface area contributed by atoms with E-state index in [1.54, 1.807) is 6.92 Å². The van der Waals surface area contributed by atoms with Crippen LogP contribution in [0.25, 0.3) is 0 Å². The number of benzene rings is 1. The maximum atomic E-state index is 12.7. The van der Waals surface area contributed by atoms with Gasteiger partial charge in [-0.2, -0.15) is 0 Å². The quantitative estimate of drug-likeness (QED) is 0.819. The normalized spacial score (nSPS) is 11.3. The Morgan fingerprint density at radius 2 is 1.95 bits per heavy atom. The molecule has 0 fully saturated rings. The van der Waals surface area contributed by atoms with Crippen LogP contribution in [0.2, 0.25) is 0 Å². The van der Waals surface area contributed by atoms with Crippen LogP contribution in [0.4, 0.5) is 9.18 Å². The second kappa shape index (κ2) is 7.98. The number of nitrogens with one attached hydrogen (secondary N) is 2. The summed E-state index contributed by atoms with van der Waals surface area (Å²) in [7, 11) is 1.21. The van der Waals surface area contributed by atoms with Crippen LogP contribution >= 0.6 is 0 Å². The minimum Gasteiger partial charge on any atom is -0.491 e.